The highest BCUT2D eigenvalue weighted by molar-refractivity contribution is 9.10. The Morgan fingerprint density at radius 2 is 2.03 bits per heavy atom. The molecule has 3 aromatic rings. The smallest absolute Gasteiger partial charge is 0.253 e. The number of nitrogens with zero attached hydrogens (tertiary/aromatic N) is 3. The molecule has 2 aliphatic rings. The Morgan fingerprint density at radius 1 is 1.19 bits per heavy atom. The number of aromatic nitrogens is 2. The van der Waals surface area contributed by atoms with E-state index < -0.39 is 0 Å². The minimum absolute atomic E-state index is 0.00918. The van der Waals surface area contributed by atoms with Gasteiger partial charge < -0.3 is 19.9 Å². The third-order valence-electron chi connectivity index (χ3n) is 6.26. The number of ether oxygens (including phenoxy) is 1. The average molecular weight is 498 g/mol. The first-order valence-electron chi connectivity index (χ1n) is 11.3. The van der Waals surface area contributed by atoms with Crippen LogP contribution < -0.4 is 20.5 Å². The van der Waals surface area contributed by atoms with Crippen LogP contribution in [0.15, 0.2) is 39.7 Å². The van der Waals surface area contributed by atoms with E-state index in [9.17, 15) is 4.79 Å². The van der Waals surface area contributed by atoms with Crippen LogP contribution in [-0.4, -0.2) is 54.2 Å². The van der Waals surface area contributed by atoms with E-state index in [1.807, 2.05) is 19.2 Å². The number of fused-ring (bicyclic) bond motifs is 3. The van der Waals surface area contributed by atoms with Crippen molar-refractivity contribution in [2.75, 3.05) is 49.5 Å². The number of hydrogen-bond acceptors (Lipinski definition) is 6. The highest BCUT2D eigenvalue weighted by Crippen LogP contribution is 2.36. The zero-order valence-electron chi connectivity index (χ0n) is 18.3. The molecule has 1 saturated heterocycles. The molecule has 0 atom stereocenters. The van der Waals surface area contributed by atoms with Gasteiger partial charge >= 0.3 is 0 Å². The predicted molar refractivity (Wildman–Crippen MR) is 132 cm³/mol. The molecule has 32 heavy (non-hydrogen) atoms. The number of benzene rings is 1. The van der Waals surface area contributed by atoms with E-state index in [-0.39, 0.29) is 5.56 Å². The van der Waals surface area contributed by atoms with Gasteiger partial charge in [-0.3, -0.25) is 9.69 Å². The Balaban J connectivity index is 1.38. The lowest BCUT2D eigenvalue weighted by Gasteiger charge is -2.35. The normalized spacial score (nSPS) is 16.6. The van der Waals surface area contributed by atoms with Crippen molar-refractivity contribution in [2.24, 2.45) is 0 Å². The maximum atomic E-state index is 12.7. The second-order valence-corrected chi connectivity index (χ2v) is 9.30. The SMILES string of the molecule is CCOc1cc(CN2CCN(c3ccc(Br)cn3)CC2)cc2[nH]c(=O)c3c(c12)NCCC3. The summed E-state index contributed by atoms with van der Waals surface area (Å²) in [4.78, 5) is 25.1. The van der Waals surface area contributed by atoms with Gasteiger partial charge in [0.1, 0.15) is 11.6 Å². The summed E-state index contributed by atoms with van der Waals surface area (Å²) in [7, 11) is 0. The minimum atomic E-state index is 0.00918. The zero-order chi connectivity index (χ0) is 22.1. The summed E-state index contributed by atoms with van der Waals surface area (Å²) >= 11 is 3.45. The fourth-order valence-electron chi connectivity index (χ4n) is 4.71. The summed E-state index contributed by atoms with van der Waals surface area (Å²) in [5.41, 5.74) is 3.80. The van der Waals surface area contributed by atoms with E-state index in [1.165, 1.54) is 0 Å². The second-order valence-electron chi connectivity index (χ2n) is 8.39. The van der Waals surface area contributed by atoms with Crippen molar-refractivity contribution in [2.45, 2.75) is 26.3 Å². The average Bonchev–Trinajstić information content (AvgIpc) is 2.80. The molecule has 0 radical (unpaired) electrons. The number of piperazine rings is 1. The number of H-pyrrole nitrogens is 1. The second kappa shape index (κ2) is 9.11. The van der Waals surface area contributed by atoms with Gasteiger partial charge in [0, 0.05) is 55.5 Å². The summed E-state index contributed by atoms with van der Waals surface area (Å²) in [5.74, 6) is 1.87. The van der Waals surface area contributed by atoms with Gasteiger partial charge in [-0.1, -0.05) is 0 Å². The molecule has 0 spiro atoms. The highest BCUT2D eigenvalue weighted by atomic mass is 79.9. The number of pyridine rings is 2. The monoisotopic (exact) mass is 497 g/mol. The summed E-state index contributed by atoms with van der Waals surface area (Å²) in [6.07, 6.45) is 3.63. The number of rotatable bonds is 5. The number of anilines is 2. The van der Waals surface area contributed by atoms with E-state index in [2.05, 4.69) is 59.2 Å². The lowest BCUT2D eigenvalue weighted by molar-refractivity contribution is 0.249. The zero-order valence-corrected chi connectivity index (χ0v) is 19.9. The quantitative estimate of drug-likeness (QED) is 0.558. The molecule has 5 rings (SSSR count). The lowest BCUT2D eigenvalue weighted by Crippen LogP contribution is -2.46. The lowest BCUT2D eigenvalue weighted by atomic mass is 9.99. The van der Waals surface area contributed by atoms with Gasteiger partial charge in [-0.15, -0.1) is 0 Å². The first-order chi connectivity index (χ1) is 15.6. The van der Waals surface area contributed by atoms with Crippen molar-refractivity contribution in [3.8, 4) is 5.75 Å². The van der Waals surface area contributed by atoms with Crippen molar-refractivity contribution in [1.82, 2.24) is 14.9 Å². The topological polar surface area (TPSA) is 73.5 Å². The number of aromatic amines is 1. The highest BCUT2D eigenvalue weighted by Gasteiger charge is 2.22. The molecule has 0 aliphatic carbocycles. The van der Waals surface area contributed by atoms with Crippen LogP contribution in [0.5, 0.6) is 5.75 Å². The maximum Gasteiger partial charge on any atom is 0.253 e. The molecular formula is C24H28BrN5O2. The molecule has 4 heterocycles. The Hall–Kier alpha value is -2.58. The van der Waals surface area contributed by atoms with Crippen molar-refractivity contribution < 1.29 is 4.74 Å². The molecule has 168 valence electrons. The van der Waals surface area contributed by atoms with E-state index in [0.717, 1.165) is 95.9 Å². The maximum absolute atomic E-state index is 12.7. The third-order valence-corrected chi connectivity index (χ3v) is 6.72. The van der Waals surface area contributed by atoms with E-state index in [1.54, 1.807) is 0 Å². The summed E-state index contributed by atoms with van der Waals surface area (Å²) in [6, 6.07) is 8.34. The van der Waals surface area contributed by atoms with Crippen LogP contribution >= 0.6 is 15.9 Å². The van der Waals surface area contributed by atoms with E-state index >= 15 is 0 Å². The van der Waals surface area contributed by atoms with Crippen LogP contribution in [0.1, 0.15) is 24.5 Å². The molecule has 2 N–H and O–H groups in total. The van der Waals surface area contributed by atoms with Crippen molar-refractivity contribution in [1.29, 1.82) is 0 Å². The van der Waals surface area contributed by atoms with Crippen LogP contribution in [0.3, 0.4) is 0 Å². The van der Waals surface area contributed by atoms with Crippen LogP contribution in [0.4, 0.5) is 11.5 Å². The van der Waals surface area contributed by atoms with Gasteiger partial charge in [0.25, 0.3) is 5.56 Å². The molecule has 7 nitrogen and oxygen atoms in total. The van der Waals surface area contributed by atoms with Crippen LogP contribution in [0.25, 0.3) is 10.9 Å². The van der Waals surface area contributed by atoms with Crippen molar-refractivity contribution in [3.63, 3.8) is 0 Å². The summed E-state index contributed by atoms with van der Waals surface area (Å²) < 4.78 is 7.03. The minimum Gasteiger partial charge on any atom is -0.493 e. The van der Waals surface area contributed by atoms with Crippen molar-refractivity contribution in [3.05, 3.63) is 56.4 Å². The van der Waals surface area contributed by atoms with Gasteiger partial charge in [0.2, 0.25) is 0 Å². The van der Waals surface area contributed by atoms with Crippen LogP contribution in [0.2, 0.25) is 0 Å². The first-order valence-corrected chi connectivity index (χ1v) is 12.1. The Bertz CT molecular complexity index is 1170. The molecule has 0 saturated carbocycles. The Kier molecular flexibility index (Phi) is 6.06. The summed E-state index contributed by atoms with van der Waals surface area (Å²) in [6.45, 7) is 8.10. The molecule has 0 bridgehead atoms. The molecular weight excluding hydrogens is 470 g/mol. The van der Waals surface area contributed by atoms with E-state index in [0.29, 0.717) is 6.61 Å². The largest absolute Gasteiger partial charge is 0.493 e. The summed E-state index contributed by atoms with van der Waals surface area (Å²) in [5, 5.41) is 4.44. The fourth-order valence-corrected chi connectivity index (χ4v) is 4.95. The first kappa shape index (κ1) is 21.3. The van der Waals surface area contributed by atoms with Crippen LogP contribution in [-0.2, 0) is 13.0 Å². The van der Waals surface area contributed by atoms with E-state index in [4.69, 9.17) is 4.74 Å². The van der Waals surface area contributed by atoms with Gasteiger partial charge in [-0.05, 0) is 65.5 Å². The number of hydrogen-bond donors (Lipinski definition) is 2. The standard InChI is InChI=1S/C24H28BrN5O2/c1-2-32-20-13-16(12-19-22(20)23-18(24(31)28-19)4-3-7-26-23)15-29-8-10-30(11-9-29)21-6-5-17(25)14-27-21/h5-6,12-14,26H,2-4,7-11,15H2,1H3,(H,28,31). The molecule has 2 aliphatic heterocycles. The predicted octanol–water partition coefficient (Wildman–Crippen LogP) is 3.76. The molecule has 0 amide bonds. The number of nitrogens with one attached hydrogen (secondary N) is 2. The van der Waals surface area contributed by atoms with Gasteiger partial charge in [-0.25, -0.2) is 4.98 Å². The Labute approximate surface area is 195 Å². The number of halogens is 1. The van der Waals surface area contributed by atoms with Gasteiger partial charge in [-0.2, -0.15) is 0 Å². The molecule has 1 aromatic carbocycles. The van der Waals surface area contributed by atoms with Crippen molar-refractivity contribution >= 4 is 38.3 Å². The molecule has 0 unspecified atom stereocenters. The molecule has 8 heteroatoms. The Morgan fingerprint density at radius 3 is 2.78 bits per heavy atom. The van der Waals surface area contributed by atoms with Gasteiger partial charge in [0.15, 0.2) is 0 Å². The van der Waals surface area contributed by atoms with Crippen LogP contribution in [0, 0.1) is 0 Å². The van der Waals surface area contributed by atoms with Gasteiger partial charge in [0.05, 0.1) is 23.2 Å². The third kappa shape index (κ3) is 4.21. The molecule has 2 aromatic heterocycles. The fraction of sp³-hybridized carbons (Fsp3) is 0.417. The molecule has 1 fully saturated rings.